The molecule has 5 heteroatoms. The van der Waals surface area contributed by atoms with E-state index in [0.29, 0.717) is 10.6 Å². The molecule has 0 heterocycles. The molecule has 0 aliphatic heterocycles. The van der Waals surface area contributed by atoms with E-state index in [1.165, 1.54) is 24.3 Å². The zero-order valence-corrected chi connectivity index (χ0v) is 11.6. The Hall–Kier alpha value is -2.19. The summed E-state index contributed by atoms with van der Waals surface area (Å²) in [6, 6.07) is 10.4. The molecule has 21 heavy (non-hydrogen) atoms. The minimum atomic E-state index is -0.599. The summed E-state index contributed by atoms with van der Waals surface area (Å²) >= 11 is 5.90. The van der Waals surface area contributed by atoms with Crippen molar-refractivity contribution in [1.29, 1.82) is 0 Å². The van der Waals surface area contributed by atoms with Crippen molar-refractivity contribution < 1.29 is 14.4 Å². The summed E-state index contributed by atoms with van der Waals surface area (Å²) in [5, 5.41) is 8.85. The summed E-state index contributed by atoms with van der Waals surface area (Å²) in [6.07, 6.45) is 0. The van der Waals surface area contributed by atoms with E-state index in [2.05, 4.69) is 11.8 Å². The van der Waals surface area contributed by atoms with Crippen LogP contribution in [0.3, 0.4) is 0 Å². The van der Waals surface area contributed by atoms with Crippen molar-refractivity contribution >= 4 is 17.4 Å². The van der Waals surface area contributed by atoms with Gasteiger partial charge in [0.15, 0.2) is 5.78 Å². The molecule has 2 rings (SSSR count). The van der Waals surface area contributed by atoms with Gasteiger partial charge in [-0.05, 0) is 30.3 Å². The first-order valence-electron chi connectivity index (χ1n) is 6.08. The number of ketones is 1. The zero-order chi connectivity index (χ0) is 15.2. The average molecular weight is 304 g/mol. The molecule has 0 aliphatic carbocycles. The van der Waals surface area contributed by atoms with Crippen molar-refractivity contribution in [2.45, 2.75) is 0 Å². The van der Waals surface area contributed by atoms with Gasteiger partial charge >= 0.3 is 0 Å². The largest absolute Gasteiger partial charge is 0.316 e. The number of rotatable bonds is 3. The van der Waals surface area contributed by atoms with Crippen molar-refractivity contribution in [2.75, 3.05) is 6.54 Å². The lowest BCUT2D eigenvalue weighted by Gasteiger charge is -2.06. The Bertz CT molecular complexity index is 735. The molecule has 0 amide bonds. The Labute approximate surface area is 126 Å². The van der Waals surface area contributed by atoms with Gasteiger partial charge in [-0.2, -0.15) is 5.48 Å². The standard InChI is InChI=1S/C16H11ClFNO2/c17-12-8-7-11(4-3-9-19-21)14(10-12)16(20)13-5-1-2-6-15(13)18/h1-2,5-8,10,19,21H,9H2. The number of hydrogen-bond acceptors (Lipinski definition) is 3. The fourth-order valence-electron chi connectivity index (χ4n) is 1.78. The fourth-order valence-corrected chi connectivity index (χ4v) is 1.95. The van der Waals surface area contributed by atoms with Gasteiger partial charge in [-0.3, -0.25) is 4.79 Å². The first kappa shape index (κ1) is 15.2. The molecular formula is C16H11ClFNO2. The van der Waals surface area contributed by atoms with Crippen molar-refractivity contribution in [3.63, 3.8) is 0 Å². The maximum Gasteiger partial charge on any atom is 0.197 e. The van der Waals surface area contributed by atoms with E-state index >= 15 is 0 Å². The molecule has 0 spiro atoms. The van der Waals surface area contributed by atoms with Crippen LogP contribution < -0.4 is 5.48 Å². The highest BCUT2D eigenvalue weighted by atomic mass is 35.5. The maximum atomic E-state index is 13.7. The van der Waals surface area contributed by atoms with Crippen molar-refractivity contribution in [3.05, 3.63) is 70.0 Å². The Balaban J connectivity index is 2.48. The van der Waals surface area contributed by atoms with Gasteiger partial charge in [0.2, 0.25) is 0 Å². The number of benzene rings is 2. The van der Waals surface area contributed by atoms with E-state index in [-0.39, 0.29) is 17.7 Å². The third kappa shape index (κ3) is 3.67. The monoisotopic (exact) mass is 303 g/mol. The van der Waals surface area contributed by atoms with Gasteiger partial charge in [0.05, 0.1) is 12.1 Å². The van der Waals surface area contributed by atoms with E-state index in [1.807, 2.05) is 5.48 Å². The second-order valence-electron chi connectivity index (χ2n) is 4.14. The van der Waals surface area contributed by atoms with Crippen LogP contribution in [0, 0.1) is 17.7 Å². The van der Waals surface area contributed by atoms with Crippen molar-refractivity contribution in [1.82, 2.24) is 5.48 Å². The van der Waals surface area contributed by atoms with Gasteiger partial charge < -0.3 is 5.21 Å². The third-order valence-electron chi connectivity index (χ3n) is 2.74. The number of halogens is 2. The number of hydroxylamine groups is 1. The Morgan fingerprint density at radius 1 is 1.24 bits per heavy atom. The lowest BCUT2D eigenvalue weighted by Crippen LogP contribution is -2.08. The second kappa shape index (κ2) is 7.00. The number of carbonyl (C=O) groups excluding carboxylic acids is 1. The molecule has 0 bridgehead atoms. The molecule has 0 aliphatic rings. The molecular weight excluding hydrogens is 293 g/mol. The highest BCUT2D eigenvalue weighted by Gasteiger charge is 2.16. The van der Waals surface area contributed by atoms with Crippen molar-refractivity contribution in [3.8, 4) is 11.8 Å². The van der Waals surface area contributed by atoms with Crippen LogP contribution in [0.25, 0.3) is 0 Å². The lowest BCUT2D eigenvalue weighted by molar-refractivity contribution is 0.103. The van der Waals surface area contributed by atoms with E-state index in [1.54, 1.807) is 18.2 Å². The van der Waals surface area contributed by atoms with Crippen LogP contribution in [0.2, 0.25) is 5.02 Å². The molecule has 0 unspecified atom stereocenters. The molecule has 0 saturated carbocycles. The predicted octanol–water partition coefficient (Wildman–Crippen LogP) is 3.04. The van der Waals surface area contributed by atoms with Crippen LogP contribution in [-0.4, -0.2) is 17.5 Å². The summed E-state index contributed by atoms with van der Waals surface area (Å²) < 4.78 is 13.7. The van der Waals surface area contributed by atoms with Crippen LogP contribution in [-0.2, 0) is 0 Å². The molecule has 0 fully saturated rings. The first-order chi connectivity index (χ1) is 10.1. The highest BCUT2D eigenvalue weighted by Crippen LogP contribution is 2.20. The first-order valence-corrected chi connectivity index (χ1v) is 6.46. The summed E-state index contributed by atoms with van der Waals surface area (Å²) in [5.41, 5.74) is 2.50. The minimum absolute atomic E-state index is 0.0388. The number of nitrogens with one attached hydrogen (secondary N) is 1. The summed E-state index contributed by atoms with van der Waals surface area (Å²) in [7, 11) is 0. The second-order valence-corrected chi connectivity index (χ2v) is 4.57. The molecule has 2 N–H and O–H groups in total. The molecule has 2 aromatic rings. The van der Waals surface area contributed by atoms with Gasteiger partial charge in [-0.25, -0.2) is 4.39 Å². The number of carbonyl (C=O) groups is 1. The Morgan fingerprint density at radius 2 is 2.00 bits per heavy atom. The van der Waals surface area contributed by atoms with Crippen molar-refractivity contribution in [2.24, 2.45) is 0 Å². The molecule has 106 valence electrons. The molecule has 0 radical (unpaired) electrons. The van der Waals surface area contributed by atoms with E-state index in [4.69, 9.17) is 16.8 Å². The maximum absolute atomic E-state index is 13.7. The summed E-state index contributed by atoms with van der Waals surface area (Å²) in [6.45, 7) is 0.0515. The van der Waals surface area contributed by atoms with E-state index in [0.717, 1.165) is 0 Å². The summed E-state index contributed by atoms with van der Waals surface area (Å²) in [4.78, 5) is 12.4. The molecule has 0 aromatic heterocycles. The molecule has 0 saturated heterocycles. The van der Waals surface area contributed by atoms with E-state index in [9.17, 15) is 9.18 Å². The third-order valence-corrected chi connectivity index (χ3v) is 2.97. The number of hydrogen-bond donors (Lipinski definition) is 2. The summed E-state index contributed by atoms with van der Waals surface area (Å²) in [5.74, 6) is 4.28. The zero-order valence-electron chi connectivity index (χ0n) is 10.9. The van der Waals surface area contributed by atoms with Gasteiger partial charge in [-0.15, -0.1) is 0 Å². The molecule has 3 nitrogen and oxygen atoms in total. The van der Waals surface area contributed by atoms with Crippen LogP contribution in [0.15, 0.2) is 42.5 Å². The topological polar surface area (TPSA) is 49.3 Å². The van der Waals surface area contributed by atoms with Gasteiger partial charge in [-0.1, -0.05) is 35.6 Å². The Kier molecular flexibility index (Phi) is 5.07. The van der Waals surface area contributed by atoms with Gasteiger partial charge in [0.1, 0.15) is 5.82 Å². The van der Waals surface area contributed by atoms with Crippen LogP contribution in [0.1, 0.15) is 21.5 Å². The SMILES string of the molecule is O=C(c1ccccc1F)c1cc(Cl)ccc1C#CCNO. The van der Waals surface area contributed by atoms with Gasteiger partial charge in [0.25, 0.3) is 0 Å². The minimum Gasteiger partial charge on any atom is -0.316 e. The quantitative estimate of drug-likeness (QED) is 0.520. The predicted molar refractivity (Wildman–Crippen MR) is 78.0 cm³/mol. The average Bonchev–Trinajstić information content (AvgIpc) is 2.49. The van der Waals surface area contributed by atoms with Crippen LogP contribution in [0.4, 0.5) is 4.39 Å². The molecule has 0 atom stereocenters. The smallest absolute Gasteiger partial charge is 0.197 e. The van der Waals surface area contributed by atoms with Crippen LogP contribution >= 0.6 is 11.6 Å². The van der Waals surface area contributed by atoms with Gasteiger partial charge in [0, 0.05) is 16.1 Å². The fraction of sp³-hybridized carbons (Fsp3) is 0.0625. The lowest BCUT2D eigenvalue weighted by atomic mass is 9.98. The van der Waals surface area contributed by atoms with Crippen LogP contribution in [0.5, 0.6) is 0 Å². The Morgan fingerprint density at radius 3 is 2.71 bits per heavy atom. The normalized spacial score (nSPS) is 9.86. The molecule has 2 aromatic carbocycles. The van der Waals surface area contributed by atoms with E-state index < -0.39 is 11.6 Å². The highest BCUT2D eigenvalue weighted by molar-refractivity contribution is 6.31.